The van der Waals surface area contributed by atoms with Crippen LogP contribution in [-0.2, 0) is 14.5 Å². The van der Waals surface area contributed by atoms with Gasteiger partial charge in [0.25, 0.3) is 0 Å². The summed E-state index contributed by atoms with van der Waals surface area (Å²) in [6.45, 7) is 5.58. The van der Waals surface area contributed by atoms with E-state index in [-0.39, 0.29) is 0 Å². The van der Waals surface area contributed by atoms with Crippen molar-refractivity contribution in [3.05, 3.63) is 35.8 Å². The average molecular weight is 229 g/mol. The van der Waals surface area contributed by atoms with Crippen molar-refractivity contribution in [2.45, 2.75) is 6.92 Å². The van der Waals surface area contributed by atoms with E-state index in [2.05, 4.69) is 23.0 Å². The van der Waals surface area contributed by atoms with E-state index in [9.17, 15) is 0 Å². The van der Waals surface area contributed by atoms with Crippen molar-refractivity contribution >= 4 is 0 Å². The van der Waals surface area contributed by atoms with E-state index in [4.69, 9.17) is 14.5 Å². The van der Waals surface area contributed by atoms with Gasteiger partial charge in [0.15, 0.2) is 0 Å². The third-order valence-electron chi connectivity index (χ3n) is 1.42. The SMILES string of the molecule is C=C(C=C(C=C(C)NOC)NOC)NOC. The molecule has 0 atom stereocenters. The first-order valence-electron chi connectivity index (χ1n) is 4.60. The Kier molecular flexibility index (Phi) is 7.96. The second kappa shape index (κ2) is 8.78. The van der Waals surface area contributed by atoms with Crippen LogP contribution in [0.4, 0.5) is 0 Å². The summed E-state index contributed by atoms with van der Waals surface area (Å²) in [6.07, 6.45) is 3.50. The Bertz CT molecular complexity index is 274. The molecule has 0 aliphatic carbocycles. The predicted molar refractivity (Wildman–Crippen MR) is 61.4 cm³/mol. The maximum absolute atomic E-state index is 4.82. The van der Waals surface area contributed by atoms with E-state index < -0.39 is 0 Å². The Morgan fingerprint density at radius 2 is 1.50 bits per heavy atom. The Labute approximate surface area is 95.8 Å². The van der Waals surface area contributed by atoms with Gasteiger partial charge in [0.1, 0.15) is 0 Å². The topological polar surface area (TPSA) is 63.8 Å². The molecule has 0 aromatic rings. The lowest BCUT2D eigenvalue weighted by Crippen LogP contribution is -2.16. The van der Waals surface area contributed by atoms with Crippen LogP contribution in [0.2, 0.25) is 0 Å². The minimum absolute atomic E-state index is 0.587. The molecule has 3 N–H and O–H groups in total. The molecule has 6 heteroatoms. The highest BCUT2D eigenvalue weighted by atomic mass is 16.6. The molecule has 0 fully saturated rings. The van der Waals surface area contributed by atoms with Gasteiger partial charge in [-0.1, -0.05) is 6.58 Å². The monoisotopic (exact) mass is 229 g/mol. The van der Waals surface area contributed by atoms with E-state index in [1.807, 2.05) is 6.92 Å². The minimum atomic E-state index is 0.587. The number of hydrogen-bond acceptors (Lipinski definition) is 6. The summed E-state index contributed by atoms with van der Waals surface area (Å²) < 4.78 is 0. The van der Waals surface area contributed by atoms with E-state index in [0.717, 1.165) is 5.70 Å². The van der Waals surface area contributed by atoms with Gasteiger partial charge in [0.05, 0.1) is 32.7 Å². The van der Waals surface area contributed by atoms with Crippen LogP contribution in [0.15, 0.2) is 35.8 Å². The Morgan fingerprint density at radius 1 is 0.938 bits per heavy atom. The van der Waals surface area contributed by atoms with Crippen LogP contribution < -0.4 is 16.4 Å². The molecule has 0 heterocycles. The standard InChI is InChI=1S/C10H19N3O3/c1-8(11-14-3)6-10(13-16-5)7-9(2)12-15-4/h6-7,11-13H,1H2,2-5H3. The van der Waals surface area contributed by atoms with Crippen LogP contribution in [0.25, 0.3) is 0 Å². The molecule has 0 rings (SSSR count). The summed E-state index contributed by atoms with van der Waals surface area (Å²) in [4.78, 5) is 14.3. The van der Waals surface area contributed by atoms with Gasteiger partial charge in [-0.25, -0.2) is 0 Å². The molecule has 0 saturated carbocycles. The third-order valence-corrected chi connectivity index (χ3v) is 1.42. The first-order valence-corrected chi connectivity index (χ1v) is 4.60. The third kappa shape index (κ3) is 6.88. The molecule has 0 unspecified atom stereocenters. The summed E-state index contributed by atoms with van der Waals surface area (Å²) in [5.74, 6) is 0. The highest BCUT2D eigenvalue weighted by Gasteiger charge is 1.95. The first kappa shape index (κ1) is 14.5. The van der Waals surface area contributed by atoms with E-state index in [1.54, 1.807) is 12.2 Å². The second-order valence-electron chi connectivity index (χ2n) is 2.87. The summed E-state index contributed by atoms with van der Waals surface area (Å²) in [7, 11) is 4.57. The van der Waals surface area contributed by atoms with Crippen LogP contribution in [0.1, 0.15) is 6.92 Å². The predicted octanol–water partition coefficient (Wildman–Crippen LogP) is 0.741. The number of allylic oxidation sites excluding steroid dienone is 3. The fourth-order valence-electron chi connectivity index (χ4n) is 0.990. The van der Waals surface area contributed by atoms with Crippen LogP contribution in [-0.4, -0.2) is 21.3 Å². The zero-order valence-corrected chi connectivity index (χ0v) is 10.1. The average Bonchev–Trinajstić information content (AvgIpc) is 2.18. The van der Waals surface area contributed by atoms with Gasteiger partial charge < -0.3 is 0 Å². The molecule has 0 spiro atoms. The normalized spacial score (nSPS) is 12.2. The molecule has 16 heavy (non-hydrogen) atoms. The maximum atomic E-state index is 4.82. The molecule has 0 radical (unpaired) electrons. The van der Waals surface area contributed by atoms with Gasteiger partial charge in [0.2, 0.25) is 0 Å². The van der Waals surface area contributed by atoms with E-state index >= 15 is 0 Å². The van der Waals surface area contributed by atoms with Gasteiger partial charge >= 0.3 is 0 Å². The lowest BCUT2D eigenvalue weighted by atomic mass is 10.3. The summed E-state index contributed by atoms with van der Waals surface area (Å²) in [5.41, 5.74) is 10.1. The van der Waals surface area contributed by atoms with Crippen molar-refractivity contribution in [3.63, 3.8) is 0 Å². The highest BCUT2D eigenvalue weighted by Crippen LogP contribution is 2.00. The molecule has 0 amide bonds. The lowest BCUT2D eigenvalue weighted by molar-refractivity contribution is 0.112. The Hall–Kier alpha value is -1.50. The van der Waals surface area contributed by atoms with Crippen LogP contribution in [0.5, 0.6) is 0 Å². The molecule has 0 aromatic carbocycles. The largest absolute Gasteiger partial charge is 0.280 e. The number of nitrogens with one attached hydrogen (secondary N) is 3. The van der Waals surface area contributed by atoms with Gasteiger partial charge in [-0.2, -0.15) is 0 Å². The highest BCUT2D eigenvalue weighted by molar-refractivity contribution is 5.26. The summed E-state index contributed by atoms with van der Waals surface area (Å²) in [5, 5.41) is 0. The summed E-state index contributed by atoms with van der Waals surface area (Å²) >= 11 is 0. The molecule has 0 aliphatic heterocycles. The van der Waals surface area contributed by atoms with E-state index in [0.29, 0.717) is 11.4 Å². The van der Waals surface area contributed by atoms with Gasteiger partial charge in [0, 0.05) is 5.70 Å². The van der Waals surface area contributed by atoms with Gasteiger partial charge in [-0.05, 0) is 19.1 Å². The molecule has 0 bridgehead atoms. The molecule has 0 aliphatic rings. The van der Waals surface area contributed by atoms with E-state index in [1.165, 1.54) is 21.3 Å². The fraction of sp³-hybridized carbons (Fsp3) is 0.400. The van der Waals surface area contributed by atoms with Crippen LogP contribution >= 0.6 is 0 Å². The molecular formula is C10H19N3O3. The maximum Gasteiger partial charge on any atom is 0.0643 e. The lowest BCUT2D eigenvalue weighted by Gasteiger charge is -2.08. The number of hydroxylamine groups is 3. The van der Waals surface area contributed by atoms with Crippen LogP contribution in [0.3, 0.4) is 0 Å². The van der Waals surface area contributed by atoms with Crippen molar-refractivity contribution in [2.75, 3.05) is 21.3 Å². The molecule has 92 valence electrons. The molecule has 6 nitrogen and oxygen atoms in total. The van der Waals surface area contributed by atoms with Crippen molar-refractivity contribution < 1.29 is 14.5 Å². The van der Waals surface area contributed by atoms with Gasteiger partial charge in [-0.3, -0.25) is 31.0 Å². The van der Waals surface area contributed by atoms with Crippen LogP contribution in [0, 0.1) is 0 Å². The molecule has 0 aromatic heterocycles. The van der Waals surface area contributed by atoms with Gasteiger partial charge in [-0.15, -0.1) is 0 Å². The van der Waals surface area contributed by atoms with Crippen molar-refractivity contribution in [1.82, 2.24) is 16.4 Å². The minimum Gasteiger partial charge on any atom is -0.280 e. The fourth-order valence-corrected chi connectivity index (χ4v) is 0.990. The first-order chi connectivity index (χ1) is 7.63. The Morgan fingerprint density at radius 3 is 2.00 bits per heavy atom. The number of hydrogen-bond donors (Lipinski definition) is 3. The Balaban J connectivity index is 4.58. The quantitative estimate of drug-likeness (QED) is 0.421. The smallest absolute Gasteiger partial charge is 0.0643 e. The zero-order chi connectivity index (χ0) is 12.4. The van der Waals surface area contributed by atoms with Crippen molar-refractivity contribution in [3.8, 4) is 0 Å². The molecular weight excluding hydrogens is 210 g/mol. The van der Waals surface area contributed by atoms with Crippen molar-refractivity contribution in [2.24, 2.45) is 0 Å². The summed E-state index contributed by atoms with van der Waals surface area (Å²) in [6, 6.07) is 0. The molecule has 0 saturated heterocycles. The number of rotatable bonds is 8. The second-order valence-corrected chi connectivity index (χ2v) is 2.87. The van der Waals surface area contributed by atoms with Crippen molar-refractivity contribution in [1.29, 1.82) is 0 Å². The zero-order valence-electron chi connectivity index (χ0n) is 10.1.